The summed E-state index contributed by atoms with van der Waals surface area (Å²) in [7, 11) is 0. The standard InChI is InChI=1S/C29H29N3O4/c1-5-25(24-15-20(33)9-13-28(24)34)31-32-29(35)23-16-27(30-26-12-6-18(4)14-22(23)26)19-7-10-21(11-8-19)36-17(2)3/h6-17,33-34H,5H2,1-4H3,(H,32,35)/b31-25+. The summed E-state index contributed by atoms with van der Waals surface area (Å²) in [5, 5.41) is 25.0. The molecule has 7 heteroatoms. The fourth-order valence-electron chi connectivity index (χ4n) is 3.92. The average Bonchev–Trinajstić information content (AvgIpc) is 2.85. The predicted octanol–water partition coefficient (Wildman–Crippen LogP) is 5.95. The van der Waals surface area contributed by atoms with Crippen molar-refractivity contribution < 1.29 is 19.7 Å². The number of amides is 1. The topological polar surface area (TPSA) is 104 Å². The van der Waals surface area contributed by atoms with E-state index in [-0.39, 0.29) is 17.6 Å². The van der Waals surface area contributed by atoms with Gasteiger partial charge in [-0.2, -0.15) is 5.10 Å². The van der Waals surface area contributed by atoms with Gasteiger partial charge in [0.2, 0.25) is 0 Å². The molecule has 1 heterocycles. The van der Waals surface area contributed by atoms with E-state index in [4.69, 9.17) is 9.72 Å². The number of phenols is 2. The lowest BCUT2D eigenvalue weighted by Gasteiger charge is -2.12. The number of rotatable bonds is 7. The first kappa shape index (κ1) is 24.7. The molecular weight excluding hydrogens is 454 g/mol. The van der Waals surface area contributed by atoms with Gasteiger partial charge in [-0.05, 0) is 87.9 Å². The molecule has 0 saturated heterocycles. The summed E-state index contributed by atoms with van der Waals surface area (Å²) in [4.78, 5) is 18.1. The minimum atomic E-state index is -0.403. The molecule has 4 rings (SSSR count). The molecule has 0 aliphatic rings. The molecule has 0 saturated carbocycles. The summed E-state index contributed by atoms with van der Waals surface area (Å²) in [6.45, 7) is 7.75. The number of aryl methyl sites for hydroxylation is 1. The number of hydrazone groups is 1. The SMILES string of the molecule is CC/C(=N\NC(=O)c1cc(-c2ccc(OC(C)C)cc2)nc2ccc(C)cc12)c1cc(O)ccc1O. The molecule has 0 fully saturated rings. The summed E-state index contributed by atoms with van der Waals surface area (Å²) in [6, 6.07) is 19.3. The number of pyridine rings is 1. The smallest absolute Gasteiger partial charge is 0.272 e. The van der Waals surface area contributed by atoms with Crippen LogP contribution >= 0.6 is 0 Å². The molecule has 1 aromatic heterocycles. The van der Waals surface area contributed by atoms with Crippen LogP contribution in [-0.4, -0.2) is 32.9 Å². The van der Waals surface area contributed by atoms with Crippen molar-refractivity contribution in [1.29, 1.82) is 0 Å². The van der Waals surface area contributed by atoms with E-state index >= 15 is 0 Å². The van der Waals surface area contributed by atoms with Gasteiger partial charge >= 0.3 is 0 Å². The number of aromatic nitrogens is 1. The molecule has 0 radical (unpaired) electrons. The minimum absolute atomic E-state index is 0.000309. The van der Waals surface area contributed by atoms with E-state index in [1.165, 1.54) is 18.2 Å². The van der Waals surface area contributed by atoms with Crippen LogP contribution in [0.1, 0.15) is 48.7 Å². The van der Waals surface area contributed by atoms with Crippen LogP contribution in [0.2, 0.25) is 0 Å². The molecule has 0 unspecified atom stereocenters. The molecule has 0 aliphatic carbocycles. The molecule has 3 aromatic carbocycles. The van der Waals surface area contributed by atoms with Gasteiger partial charge in [0.15, 0.2) is 0 Å². The number of benzene rings is 3. The van der Waals surface area contributed by atoms with E-state index in [1.54, 1.807) is 6.07 Å². The number of hydrogen-bond donors (Lipinski definition) is 3. The molecule has 36 heavy (non-hydrogen) atoms. The van der Waals surface area contributed by atoms with Crippen molar-refractivity contribution in [3.63, 3.8) is 0 Å². The van der Waals surface area contributed by atoms with Gasteiger partial charge < -0.3 is 14.9 Å². The summed E-state index contributed by atoms with van der Waals surface area (Å²) >= 11 is 0. The van der Waals surface area contributed by atoms with Crippen molar-refractivity contribution >= 4 is 22.5 Å². The van der Waals surface area contributed by atoms with E-state index in [0.29, 0.717) is 39.9 Å². The van der Waals surface area contributed by atoms with E-state index in [1.807, 2.05) is 70.2 Å². The lowest BCUT2D eigenvalue weighted by molar-refractivity contribution is 0.0956. The Kier molecular flexibility index (Phi) is 7.20. The number of fused-ring (bicyclic) bond motifs is 1. The maximum atomic E-state index is 13.4. The van der Waals surface area contributed by atoms with Crippen LogP contribution in [0, 0.1) is 6.92 Å². The molecule has 0 atom stereocenters. The Morgan fingerprint density at radius 2 is 1.75 bits per heavy atom. The second-order valence-electron chi connectivity index (χ2n) is 8.82. The Morgan fingerprint density at radius 3 is 2.44 bits per heavy atom. The van der Waals surface area contributed by atoms with Gasteiger partial charge in [0.05, 0.1) is 28.6 Å². The third-order valence-corrected chi connectivity index (χ3v) is 5.65. The number of phenolic OH excluding ortho intramolecular Hbond substituents is 2. The van der Waals surface area contributed by atoms with Crippen molar-refractivity contribution in [2.45, 2.75) is 40.2 Å². The minimum Gasteiger partial charge on any atom is -0.508 e. The van der Waals surface area contributed by atoms with Crippen molar-refractivity contribution in [2.24, 2.45) is 5.10 Å². The number of hydrogen-bond acceptors (Lipinski definition) is 6. The number of nitrogens with zero attached hydrogens (tertiary/aromatic N) is 2. The zero-order chi connectivity index (χ0) is 25.8. The van der Waals surface area contributed by atoms with Crippen molar-refractivity contribution in [3.8, 4) is 28.5 Å². The first-order valence-electron chi connectivity index (χ1n) is 11.8. The zero-order valence-electron chi connectivity index (χ0n) is 20.7. The van der Waals surface area contributed by atoms with Gasteiger partial charge in [-0.1, -0.05) is 18.6 Å². The number of ether oxygens (including phenoxy) is 1. The maximum Gasteiger partial charge on any atom is 0.272 e. The van der Waals surface area contributed by atoms with Gasteiger partial charge in [0.25, 0.3) is 5.91 Å². The Hall–Kier alpha value is -4.39. The van der Waals surface area contributed by atoms with Gasteiger partial charge in [-0.3, -0.25) is 4.79 Å². The first-order valence-corrected chi connectivity index (χ1v) is 11.8. The van der Waals surface area contributed by atoms with Gasteiger partial charge in [-0.15, -0.1) is 0 Å². The summed E-state index contributed by atoms with van der Waals surface area (Å²) in [5.74, 6) is 0.333. The molecule has 0 spiro atoms. The van der Waals surface area contributed by atoms with Crippen LogP contribution in [0.4, 0.5) is 0 Å². The first-order chi connectivity index (χ1) is 17.2. The van der Waals surface area contributed by atoms with E-state index < -0.39 is 5.91 Å². The number of nitrogens with one attached hydrogen (secondary N) is 1. The van der Waals surface area contributed by atoms with Crippen LogP contribution in [0.5, 0.6) is 17.2 Å². The normalized spacial score (nSPS) is 11.6. The molecular formula is C29H29N3O4. The number of aromatic hydroxyl groups is 2. The molecule has 184 valence electrons. The summed E-state index contributed by atoms with van der Waals surface area (Å²) < 4.78 is 5.73. The molecule has 0 aliphatic heterocycles. The third kappa shape index (κ3) is 5.46. The Morgan fingerprint density at radius 1 is 1.00 bits per heavy atom. The molecule has 4 aromatic rings. The highest BCUT2D eigenvalue weighted by molar-refractivity contribution is 6.09. The largest absolute Gasteiger partial charge is 0.508 e. The third-order valence-electron chi connectivity index (χ3n) is 5.65. The highest BCUT2D eigenvalue weighted by atomic mass is 16.5. The predicted molar refractivity (Wildman–Crippen MR) is 142 cm³/mol. The van der Waals surface area contributed by atoms with Crippen LogP contribution in [-0.2, 0) is 0 Å². The fraction of sp³-hybridized carbons (Fsp3) is 0.207. The maximum absolute atomic E-state index is 13.4. The molecule has 0 bridgehead atoms. The molecule has 7 nitrogen and oxygen atoms in total. The Bertz CT molecular complexity index is 1440. The van der Waals surface area contributed by atoms with E-state index in [9.17, 15) is 15.0 Å². The molecule has 3 N–H and O–H groups in total. The zero-order valence-corrected chi connectivity index (χ0v) is 20.7. The number of carbonyl (C=O) groups is 1. The van der Waals surface area contributed by atoms with Gasteiger partial charge in [-0.25, -0.2) is 10.4 Å². The monoisotopic (exact) mass is 483 g/mol. The fourth-order valence-corrected chi connectivity index (χ4v) is 3.92. The van der Waals surface area contributed by atoms with Gasteiger partial charge in [0.1, 0.15) is 17.2 Å². The van der Waals surface area contributed by atoms with Crippen LogP contribution < -0.4 is 10.2 Å². The Labute approximate surface area is 210 Å². The van der Waals surface area contributed by atoms with Crippen molar-refractivity contribution in [3.05, 3.63) is 83.4 Å². The van der Waals surface area contributed by atoms with E-state index in [2.05, 4.69) is 10.5 Å². The quantitative estimate of drug-likeness (QED) is 0.171. The second-order valence-corrected chi connectivity index (χ2v) is 8.82. The van der Waals surface area contributed by atoms with Gasteiger partial charge in [0, 0.05) is 16.5 Å². The lowest BCUT2D eigenvalue weighted by atomic mass is 10.0. The lowest BCUT2D eigenvalue weighted by Crippen LogP contribution is -2.20. The van der Waals surface area contributed by atoms with Crippen molar-refractivity contribution in [1.82, 2.24) is 10.4 Å². The molecule has 1 amide bonds. The van der Waals surface area contributed by atoms with Crippen LogP contribution in [0.15, 0.2) is 71.8 Å². The average molecular weight is 484 g/mol. The second kappa shape index (κ2) is 10.5. The van der Waals surface area contributed by atoms with E-state index in [0.717, 1.165) is 16.9 Å². The number of carbonyl (C=O) groups excluding carboxylic acids is 1. The highest BCUT2D eigenvalue weighted by Gasteiger charge is 2.16. The van der Waals surface area contributed by atoms with Crippen molar-refractivity contribution in [2.75, 3.05) is 0 Å². The summed E-state index contributed by atoms with van der Waals surface area (Å²) in [5.41, 5.74) is 7.05. The summed E-state index contributed by atoms with van der Waals surface area (Å²) in [6.07, 6.45) is 0.507. The highest BCUT2D eigenvalue weighted by Crippen LogP contribution is 2.28. The van der Waals surface area contributed by atoms with Crippen LogP contribution in [0.3, 0.4) is 0 Å². The van der Waals surface area contributed by atoms with Crippen LogP contribution in [0.25, 0.3) is 22.2 Å². The Balaban J connectivity index is 1.72.